The molecule has 6 heteroatoms. The van der Waals surface area contributed by atoms with Crippen molar-refractivity contribution in [2.45, 2.75) is 57.4 Å². The first-order valence-corrected chi connectivity index (χ1v) is 9.34. The molecule has 2 saturated carbocycles. The van der Waals surface area contributed by atoms with Crippen LogP contribution in [0.25, 0.3) is 0 Å². The van der Waals surface area contributed by atoms with Gasteiger partial charge in [0.2, 0.25) is 11.8 Å². The molecule has 2 aliphatic rings. The molecule has 0 atom stereocenters. The minimum atomic E-state index is -0.929. The standard InChI is InChI=1S/C18H22Cl2N2O2/c19-12-9-13(20)11-15(10-12)22-17(24)18(7-8-18)16(23)21-14-5-3-1-2-4-6-14/h9-11,14H,1-8H2,(H,21,23)(H,22,24). The van der Waals surface area contributed by atoms with E-state index in [2.05, 4.69) is 10.6 Å². The van der Waals surface area contributed by atoms with Crippen molar-refractivity contribution in [1.29, 1.82) is 0 Å². The van der Waals surface area contributed by atoms with Gasteiger partial charge in [-0.15, -0.1) is 0 Å². The van der Waals surface area contributed by atoms with E-state index in [0.717, 1.165) is 25.7 Å². The molecule has 24 heavy (non-hydrogen) atoms. The lowest BCUT2D eigenvalue weighted by Gasteiger charge is -2.21. The number of nitrogens with one attached hydrogen (secondary N) is 2. The number of amides is 2. The Balaban J connectivity index is 1.63. The molecule has 2 amide bonds. The van der Waals surface area contributed by atoms with Crippen LogP contribution in [0.3, 0.4) is 0 Å². The average molecular weight is 369 g/mol. The number of halogens is 2. The van der Waals surface area contributed by atoms with Gasteiger partial charge in [0, 0.05) is 21.8 Å². The number of hydrogen-bond donors (Lipinski definition) is 2. The summed E-state index contributed by atoms with van der Waals surface area (Å²) in [6, 6.07) is 5.06. The van der Waals surface area contributed by atoms with E-state index >= 15 is 0 Å². The van der Waals surface area contributed by atoms with Crippen LogP contribution >= 0.6 is 23.2 Å². The molecule has 0 unspecified atom stereocenters. The minimum Gasteiger partial charge on any atom is -0.352 e. The van der Waals surface area contributed by atoms with Gasteiger partial charge >= 0.3 is 0 Å². The molecule has 2 fully saturated rings. The highest BCUT2D eigenvalue weighted by Gasteiger charge is 2.56. The summed E-state index contributed by atoms with van der Waals surface area (Å²) in [5, 5.41) is 6.79. The van der Waals surface area contributed by atoms with Gasteiger partial charge in [-0.2, -0.15) is 0 Å². The lowest BCUT2D eigenvalue weighted by atomic mass is 10.0. The van der Waals surface area contributed by atoms with Crippen LogP contribution in [0.4, 0.5) is 5.69 Å². The quantitative estimate of drug-likeness (QED) is 0.604. The average Bonchev–Trinajstić information content (AvgIpc) is 3.32. The Morgan fingerprint density at radius 3 is 2.04 bits per heavy atom. The van der Waals surface area contributed by atoms with Crippen LogP contribution in [0.5, 0.6) is 0 Å². The second kappa shape index (κ2) is 7.32. The zero-order valence-corrected chi connectivity index (χ0v) is 15.1. The van der Waals surface area contributed by atoms with Gasteiger partial charge in [-0.1, -0.05) is 48.9 Å². The third kappa shape index (κ3) is 4.04. The van der Waals surface area contributed by atoms with Crippen LogP contribution in [-0.4, -0.2) is 17.9 Å². The third-order valence-electron chi connectivity index (χ3n) is 4.93. The molecule has 0 heterocycles. The molecular weight excluding hydrogens is 347 g/mol. The molecule has 2 N–H and O–H groups in total. The number of rotatable bonds is 4. The van der Waals surface area contributed by atoms with E-state index in [9.17, 15) is 9.59 Å². The summed E-state index contributed by atoms with van der Waals surface area (Å²) in [6.07, 6.45) is 7.94. The first kappa shape index (κ1) is 17.6. The van der Waals surface area contributed by atoms with E-state index in [-0.39, 0.29) is 17.9 Å². The Kier molecular flexibility index (Phi) is 5.36. The van der Waals surface area contributed by atoms with Gasteiger partial charge < -0.3 is 10.6 Å². The molecule has 0 aliphatic heterocycles. The van der Waals surface area contributed by atoms with E-state index < -0.39 is 5.41 Å². The van der Waals surface area contributed by atoms with Crippen molar-refractivity contribution in [3.8, 4) is 0 Å². The number of carbonyl (C=O) groups excluding carboxylic acids is 2. The van der Waals surface area contributed by atoms with Crippen LogP contribution in [-0.2, 0) is 9.59 Å². The van der Waals surface area contributed by atoms with Crippen LogP contribution in [0.1, 0.15) is 51.4 Å². The monoisotopic (exact) mass is 368 g/mol. The largest absolute Gasteiger partial charge is 0.352 e. The van der Waals surface area contributed by atoms with Gasteiger partial charge in [0.15, 0.2) is 0 Å². The van der Waals surface area contributed by atoms with Crippen LogP contribution in [0.2, 0.25) is 10.0 Å². The maximum atomic E-state index is 12.6. The maximum Gasteiger partial charge on any atom is 0.240 e. The lowest BCUT2D eigenvalue weighted by Crippen LogP contribution is -2.44. The van der Waals surface area contributed by atoms with E-state index in [0.29, 0.717) is 28.6 Å². The van der Waals surface area contributed by atoms with Gasteiger partial charge in [-0.25, -0.2) is 0 Å². The molecule has 0 radical (unpaired) electrons. The highest BCUT2D eigenvalue weighted by atomic mass is 35.5. The number of carbonyl (C=O) groups is 2. The van der Waals surface area contributed by atoms with Crippen LogP contribution in [0.15, 0.2) is 18.2 Å². The van der Waals surface area contributed by atoms with Crippen LogP contribution in [0, 0.1) is 5.41 Å². The molecule has 0 saturated heterocycles. The topological polar surface area (TPSA) is 58.2 Å². The fourth-order valence-electron chi connectivity index (χ4n) is 3.31. The van der Waals surface area contributed by atoms with Gasteiger partial charge in [-0.3, -0.25) is 9.59 Å². The van der Waals surface area contributed by atoms with Crippen molar-refractivity contribution in [2.75, 3.05) is 5.32 Å². The second-order valence-corrected chi connectivity index (χ2v) is 7.73. The number of benzene rings is 1. The lowest BCUT2D eigenvalue weighted by molar-refractivity contribution is -0.134. The van der Waals surface area contributed by atoms with Crippen molar-refractivity contribution in [2.24, 2.45) is 5.41 Å². The Labute approximate surface area is 152 Å². The maximum absolute atomic E-state index is 12.6. The van der Waals surface area contributed by atoms with Gasteiger partial charge in [0.05, 0.1) is 0 Å². The smallest absolute Gasteiger partial charge is 0.240 e. The van der Waals surface area contributed by atoms with Crippen molar-refractivity contribution >= 4 is 40.7 Å². The molecule has 130 valence electrons. The number of hydrogen-bond acceptors (Lipinski definition) is 2. The first-order chi connectivity index (χ1) is 11.5. The van der Waals surface area contributed by atoms with Gasteiger partial charge in [-0.05, 0) is 43.9 Å². The van der Waals surface area contributed by atoms with Crippen molar-refractivity contribution in [3.05, 3.63) is 28.2 Å². The Bertz CT molecular complexity index is 616. The fourth-order valence-corrected chi connectivity index (χ4v) is 3.83. The van der Waals surface area contributed by atoms with E-state index in [4.69, 9.17) is 23.2 Å². The zero-order chi connectivity index (χ0) is 17.2. The normalized spacial score (nSPS) is 20.1. The van der Waals surface area contributed by atoms with E-state index in [1.54, 1.807) is 18.2 Å². The molecule has 1 aromatic carbocycles. The molecule has 3 rings (SSSR count). The SMILES string of the molecule is O=C(Nc1cc(Cl)cc(Cl)c1)C1(C(=O)NC2CCCCCC2)CC1. The molecule has 0 spiro atoms. The van der Waals surface area contributed by atoms with E-state index in [1.165, 1.54) is 12.8 Å². The highest BCUT2D eigenvalue weighted by molar-refractivity contribution is 6.35. The van der Waals surface area contributed by atoms with Gasteiger partial charge in [0.1, 0.15) is 5.41 Å². The molecular formula is C18H22Cl2N2O2. The predicted molar refractivity (Wildman–Crippen MR) is 96.4 cm³/mol. The Morgan fingerprint density at radius 1 is 0.917 bits per heavy atom. The van der Waals surface area contributed by atoms with Crippen molar-refractivity contribution in [1.82, 2.24) is 5.32 Å². The summed E-state index contributed by atoms with van der Waals surface area (Å²) >= 11 is 11.9. The molecule has 0 bridgehead atoms. The van der Waals surface area contributed by atoms with Crippen LogP contribution < -0.4 is 10.6 Å². The molecule has 2 aliphatic carbocycles. The number of anilines is 1. The van der Waals surface area contributed by atoms with Crippen molar-refractivity contribution < 1.29 is 9.59 Å². The summed E-state index contributed by atoms with van der Waals surface area (Å²) in [6.45, 7) is 0. The first-order valence-electron chi connectivity index (χ1n) is 8.58. The second-order valence-electron chi connectivity index (χ2n) is 6.86. The van der Waals surface area contributed by atoms with Gasteiger partial charge in [0.25, 0.3) is 0 Å². The van der Waals surface area contributed by atoms with Crippen molar-refractivity contribution in [3.63, 3.8) is 0 Å². The minimum absolute atomic E-state index is 0.139. The summed E-state index contributed by atoms with van der Waals surface area (Å²) in [5.74, 6) is -0.410. The molecule has 0 aromatic heterocycles. The van der Waals surface area contributed by atoms with E-state index in [1.807, 2.05) is 0 Å². The summed E-state index contributed by atoms with van der Waals surface area (Å²) in [4.78, 5) is 25.3. The summed E-state index contributed by atoms with van der Waals surface area (Å²) in [7, 11) is 0. The summed E-state index contributed by atoms with van der Waals surface area (Å²) in [5.41, 5.74) is -0.410. The zero-order valence-electron chi connectivity index (χ0n) is 13.5. The fraction of sp³-hybridized carbons (Fsp3) is 0.556. The third-order valence-corrected chi connectivity index (χ3v) is 5.37. The molecule has 1 aromatic rings. The predicted octanol–water partition coefficient (Wildman–Crippen LogP) is 4.55. The Hall–Kier alpha value is -1.26. The summed E-state index contributed by atoms with van der Waals surface area (Å²) < 4.78 is 0. The Morgan fingerprint density at radius 2 is 1.50 bits per heavy atom. The molecule has 4 nitrogen and oxygen atoms in total. The highest BCUT2D eigenvalue weighted by Crippen LogP contribution is 2.47.